The number of hydrogen-bond acceptors (Lipinski definition) is 5. The number of carbonyl (C=O) groups excluding carboxylic acids is 1. The molecule has 22 heavy (non-hydrogen) atoms. The van der Waals surface area contributed by atoms with Crippen molar-refractivity contribution in [3.05, 3.63) is 24.3 Å². The minimum atomic E-state index is -0.00670. The summed E-state index contributed by atoms with van der Waals surface area (Å²) in [6.07, 6.45) is 7.37. The lowest BCUT2D eigenvalue weighted by molar-refractivity contribution is -0.120. The molecule has 0 saturated heterocycles. The Labute approximate surface area is 133 Å². The fourth-order valence-electron chi connectivity index (χ4n) is 2.72. The number of rotatable bonds is 4. The fourth-order valence-corrected chi connectivity index (χ4v) is 3.18. The standard InChI is InChI=1S/C16H19N3O2S/c1-22-13-9-5-8-12(10-13)15-18-19-16(21-15)17-14(20)11-6-3-2-4-7-11/h5,8-11H,2-4,6-7H2,1H3,(H,17,19,20). The van der Waals surface area contributed by atoms with Crippen LogP contribution in [0.2, 0.25) is 0 Å². The number of benzene rings is 1. The largest absolute Gasteiger partial charge is 0.403 e. The SMILES string of the molecule is CSc1cccc(-c2nnc(NC(=O)C3CCCCC3)o2)c1. The molecule has 2 aromatic rings. The summed E-state index contributed by atoms with van der Waals surface area (Å²) in [7, 11) is 0. The predicted octanol–water partition coefficient (Wildman–Crippen LogP) is 3.98. The average molecular weight is 317 g/mol. The number of hydrogen-bond donors (Lipinski definition) is 1. The van der Waals surface area contributed by atoms with E-state index in [2.05, 4.69) is 15.5 Å². The monoisotopic (exact) mass is 317 g/mol. The molecule has 0 bridgehead atoms. The Balaban J connectivity index is 1.69. The molecular weight excluding hydrogens is 298 g/mol. The highest BCUT2D eigenvalue weighted by Crippen LogP contribution is 2.27. The summed E-state index contributed by atoms with van der Waals surface area (Å²) in [6, 6.07) is 8.06. The minimum Gasteiger partial charge on any atom is -0.403 e. The topological polar surface area (TPSA) is 68.0 Å². The average Bonchev–Trinajstić information content (AvgIpc) is 3.04. The molecular formula is C16H19N3O2S. The summed E-state index contributed by atoms with van der Waals surface area (Å²) in [5.41, 5.74) is 0.859. The normalized spacial score (nSPS) is 15.7. The van der Waals surface area contributed by atoms with Crippen molar-refractivity contribution < 1.29 is 9.21 Å². The third-order valence-corrected chi connectivity index (χ3v) is 4.67. The quantitative estimate of drug-likeness (QED) is 0.864. The van der Waals surface area contributed by atoms with Crippen LogP contribution in [0, 0.1) is 5.92 Å². The summed E-state index contributed by atoms with van der Waals surface area (Å²) in [4.78, 5) is 13.3. The van der Waals surface area contributed by atoms with Crippen molar-refractivity contribution in [2.24, 2.45) is 5.92 Å². The van der Waals surface area contributed by atoms with Gasteiger partial charge in [0, 0.05) is 16.4 Å². The summed E-state index contributed by atoms with van der Waals surface area (Å²) < 4.78 is 5.57. The van der Waals surface area contributed by atoms with Gasteiger partial charge < -0.3 is 4.42 Å². The highest BCUT2D eigenvalue weighted by molar-refractivity contribution is 7.98. The number of aromatic nitrogens is 2. The predicted molar refractivity (Wildman–Crippen MR) is 86.7 cm³/mol. The van der Waals surface area contributed by atoms with Crippen LogP contribution in [-0.2, 0) is 4.79 Å². The fraction of sp³-hybridized carbons (Fsp3) is 0.438. The second-order valence-corrected chi connectivity index (χ2v) is 6.35. The summed E-state index contributed by atoms with van der Waals surface area (Å²) in [5, 5.41) is 10.7. The first kappa shape index (κ1) is 15.1. The lowest BCUT2D eigenvalue weighted by atomic mass is 9.89. The molecule has 1 heterocycles. The van der Waals surface area contributed by atoms with Crippen LogP contribution in [0.25, 0.3) is 11.5 Å². The molecule has 1 saturated carbocycles. The summed E-state index contributed by atoms with van der Waals surface area (Å²) >= 11 is 1.65. The molecule has 1 aromatic heterocycles. The molecule has 1 fully saturated rings. The number of nitrogens with zero attached hydrogens (tertiary/aromatic N) is 2. The number of thioether (sulfide) groups is 1. The van der Waals surface area contributed by atoms with Gasteiger partial charge >= 0.3 is 6.01 Å². The number of nitrogens with one attached hydrogen (secondary N) is 1. The second-order valence-electron chi connectivity index (χ2n) is 5.47. The van der Waals surface area contributed by atoms with Gasteiger partial charge in [0.2, 0.25) is 11.8 Å². The van der Waals surface area contributed by atoms with Gasteiger partial charge in [0.15, 0.2) is 0 Å². The van der Waals surface area contributed by atoms with Gasteiger partial charge in [-0.25, -0.2) is 0 Å². The van der Waals surface area contributed by atoms with Gasteiger partial charge in [-0.1, -0.05) is 30.4 Å². The molecule has 1 aliphatic rings. The smallest absolute Gasteiger partial charge is 0.322 e. The van der Waals surface area contributed by atoms with Crippen LogP contribution in [0.3, 0.4) is 0 Å². The van der Waals surface area contributed by atoms with Crippen molar-refractivity contribution in [2.45, 2.75) is 37.0 Å². The van der Waals surface area contributed by atoms with Crippen molar-refractivity contribution in [3.8, 4) is 11.5 Å². The highest BCUT2D eigenvalue weighted by Gasteiger charge is 2.22. The maximum absolute atomic E-state index is 12.2. The molecule has 1 aliphatic carbocycles. The van der Waals surface area contributed by atoms with Crippen molar-refractivity contribution in [1.29, 1.82) is 0 Å². The van der Waals surface area contributed by atoms with Gasteiger partial charge in [-0.15, -0.1) is 16.9 Å². The Morgan fingerprint density at radius 2 is 2.09 bits per heavy atom. The molecule has 0 radical (unpaired) electrons. The van der Waals surface area contributed by atoms with E-state index in [-0.39, 0.29) is 17.8 Å². The van der Waals surface area contributed by atoms with Crippen molar-refractivity contribution in [3.63, 3.8) is 0 Å². The third kappa shape index (κ3) is 3.50. The molecule has 1 aromatic carbocycles. The molecule has 3 rings (SSSR count). The molecule has 116 valence electrons. The van der Waals surface area contributed by atoms with Crippen LogP contribution >= 0.6 is 11.8 Å². The molecule has 6 heteroatoms. The van der Waals surface area contributed by atoms with Crippen LogP contribution in [0.4, 0.5) is 6.01 Å². The zero-order chi connectivity index (χ0) is 15.4. The maximum atomic E-state index is 12.2. The third-order valence-electron chi connectivity index (χ3n) is 3.95. The van der Waals surface area contributed by atoms with Crippen molar-refractivity contribution in [2.75, 3.05) is 11.6 Å². The first-order valence-corrected chi connectivity index (χ1v) is 8.77. The Kier molecular flexibility index (Phi) is 4.77. The highest BCUT2D eigenvalue weighted by atomic mass is 32.2. The van der Waals surface area contributed by atoms with E-state index in [0.29, 0.717) is 5.89 Å². The minimum absolute atomic E-state index is 0.00670. The van der Waals surface area contributed by atoms with Crippen LogP contribution < -0.4 is 5.32 Å². The van der Waals surface area contributed by atoms with E-state index in [0.717, 1.165) is 36.1 Å². The molecule has 0 atom stereocenters. The van der Waals surface area contributed by atoms with E-state index in [9.17, 15) is 4.79 Å². The van der Waals surface area contributed by atoms with Crippen LogP contribution in [0.5, 0.6) is 0 Å². The molecule has 5 nitrogen and oxygen atoms in total. The molecule has 0 spiro atoms. The Morgan fingerprint density at radius 3 is 2.86 bits per heavy atom. The number of anilines is 1. The van der Waals surface area contributed by atoms with Gasteiger partial charge in [0.25, 0.3) is 0 Å². The van der Waals surface area contributed by atoms with Gasteiger partial charge in [-0.3, -0.25) is 10.1 Å². The van der Waals surface area contributed by atoms with Gasteiger partial charge in [-0.05, 0) is 37.3 Å². The van der Waals surface area contributed by atoms with E-state index in [1.54, 1.807) is 11.8 Å². The van der Waals surface area contributed by atoms with E-state index in [4.69, 9.17) is 4.42 Å². The van der Waals surface area contributed by atoms with E-state index in [1.807, 2.05) is 30.5 Å². The van der Waals surface area contributed by atoms with E-state index >= 15 is 0 Å². The van der Waals surface area contributed by atoms with Crippen molar-refractivity contribution >= 4 is 23.7 Å². The molecule has 0 unspecified atom stereocenters. The Hall–Kier alpha value is -1.82. The first-order valence-electron chi connectivity index (χ1n) is 7.55. The van der Waals surface area contributed by atoms with Gasteiger partial charge in [0.05, 0.1) is 0 Å². The van der Waals surface area contributed by atoms with Crippen LogP contribution in [0.15, 0.2) is 33.6 Å². The van der Waals surface area contributed by atoms with Crippen LogP contribution in [-0.4, -0.2) is 22.4 Å². The van der Waals surface area contributed by atoms with Gasteiger partial charge in [-0.2, -0.15) is 0 Å². The second kappa shape index (κ2) is 6.96. The summed E-state index contributed by atoms with van der Waals surface area (Å²) in [5.74, 6) is 0.492. The van der Waals surface area contributed by atoms with Crippen LogP contribution in [0.1, 0.15) is 32.1 Å². The number of carbonyl (C=O) groups is 1. The summed E-state index contributed by atoms with van der Waals surface area (Å²) in [6.45, 7) is 0. The number of amides is 1. The van der Waals surface area contributed by atoms with E-state index < -0.39 is 0 Å². The van der Waals surface area contributed by atoms with E-state index in [1.165, 1.54) is 6.42 Å². The molecule has 1 amide bonds. The first-order chi connectivity index (χ1) is 10.8. The lowest BCUT2D eigenvalue weighted by Crippen LogP contribution is -2.24. The molecule has 1 N–H and O–H groups in total. The zero-order valence-corrected chi connectivity index (χ0v) is 13.4. The van der Waals surface area contributed by atoms with Crippen molar-refractivity contribution in [1.82, 2.24) is 10.2 Å². The zero-order valence-electron chi connectivity index (χ0n) is 12.5. The Morgan fingerprint density at radius 1 is 1.27 bits per heavy atom. The lowest BCUT2D eigenvalue weighted by Gasteiger charge is -2.19. The van der Waals surface area contributed by atoms with Gasteiger partial charge in [0.1, 0.15) is 0 Å². The molecule has 0 aliphatic heterocycles. The Bertz CT molecular complexity index is 650. The maximum Gasteiger partial charge on any atom is 0.322 e.